The van der Waals surface area contributed by atoms with E-state index in [0.29, 0.717) is 12.1 Å². The van der Waals surface area contributed by atoms with E-state index >= 15 is 0 Å². The van der Waals surface area contributed by atoms with Crippen molar-refractivity contribution in [2.45, 2.75) is 44.8 Å². The van der Waals surface area contributed by atoms with Gasteiger partial charge in [-0.3, -0.25) is 4.90 Å². The second kappa shape index (κ2) is 4.93. The second-order valence-electron chi connectivity index (χ2n) is 4.70. The van der Waals surface area contributed by atoms with Crippen LogP contribution in [0.4, 0.5) is 0 Å². The quantitative estimate of drug-likeness (QED) is 0.811. The van der Waals surface area contributed by atoms with Crippen LogP contribution < -0.4 is 5.73 Å². The van der Waals surface area contributed by atoms with E-state index in [1.165, 1.54) is 19.3 Å². The van der Waals surface area contributed by atoms with Crippen molar-refractivity contribution < 1.29 is 0 Å². The fourth-order valence-corrected chi connectivity index (χ4v) is 2.49. The highest BCUT2D eigenvalue weighted by Gasteiger charge is 2.27. The summed E-state index contributed by atoms with van der Waals surface area (Å²) in [7, 11) is 1.99. The first-order valence-corrected chi connectivity index (χ1v) is 6.01. The van der Waals surface area contributed by atoms with Crippen molar-refractivity contribution >= 4 is 0 Å². The van der Waals surface area contributed by atoms with Gasteiger partial charge >= 0.3 is 0 Å². The van der Waals surface area contributed by atoms with E-state index in [-0.39, 0.29) is 0 Å². The van der Waals surface area contributed by atoms with Crippen LogP contribution in [0.15, 0.2) is 6.33 Å². The molecule has 1 aliphatic heterocycles. The van der Waals surface area contributed by atoms with Crippen molar-refractivity contribution in [1.29, 1.82) is 0 Å². The molecule has 2 heterocycles. The Bertz CT molecular complexity index is 335. The lowest BCUT2D eigenvalue weighted by Crippen LogP contribution is -2.48. The molecule has 2 unspecified atom stereocenters. The first-order valence-electron chi connectivity index (χ1n) is 6.01. The van der Waals surface area contributed by atoms with Gasteiger partial charge in [-0.15, -0.1) is 10.2 Å². The van der Waals surface area contributed by atoms with Crippen molar-refractivity contribution in [1.82, 2.24) is 19.7 Å². The third-order valence-corrected chi connectivity index (χ3v) is 3.60. The maximum Gasteiger partial charge on any atom is 0.146 e. The Hall–Kier alpha value is -0.940. The maximum absolute atomic E-state index is 5.84. The van der Waals surface area contributed by atoms with Crippen molar-refractivity contribution in [3.63, 3.8) is 0 Å². The van der Waals surface area contributed by atoms with Crippen LogP contribution in [0.5, 0.6) is 0 Å². The molecule has 2 rings (SSSR count). The molecular formula is C11H21N5. The Morgan fingerprint density at radius 2 is 2.31 bits per heavy atom. The third kappa shape index (κ3) is 2.25. The Morgan fingerprint density at radius 3 is 2.94 bits per heavy atom. The fraction of sp³-hybridized carbons (Fsp3) is 0.818. The summed E-state index contributed by atoms with van der Waals surface area (Å²) < 4.78 is 1.98. The number of likely N-dealkylation sites (tertiary alicyclic amines) is 1. The molecule has 0 aromatic carbocycles. The van der Waals surface area contributed by atoms with Gasteiger partial charge in [0.1, 0.15) is 12.2 Å². The number of aromatic nitrogens is 3. The molecule has 2 atom stereocenters. The van der Waals surface area contributed by atoms with Gasteiger partial charge in [-0.25, -0.2) is 0 Å². The van der Waals surface area contributed by atoms with Crippen LogP contribution in [0.25, 0.3) is 0 Å². The van der Waals surface area contributed by atoms with Gasteiger partial charge < -0.3 is 10.3 Å². The standard InChI is InChI=1S/C11H21N5/c1-9-4-3-5-10(6-12)16(9)7-11-14-13-8-15(11)2/h8-10H,3-7,12H2,1-2H3. The first-order chi connectivity index (χ1) is 7.72. The molecule has 0 saturated carbocycles. The molecule has 0 bridgehead atoms. The Balaban J connectivity index is 2.08. The topological polar surface area (TPSA) is 60.0 Å². The molecule has 0 spiro atoms. The van der Waals surface area contributed by atoms with Crippen LogP contribution in [0.1, 0.15) is 32.0 Å². The van der Waals surface area contributed by atoms with E-state index in [1.807, 2.05) is 11.6 Å². The minimum atomic E-state index is 0.500. The summed E-state index contributed by atoms with van der Waals surface area (Å²) in [4.78, 5) is 2.47. The molecule has 5 nitrogen and oxygen atoms in total. The fourth-order valence-electron chi connectivity index (χ4n) is 2.49. The summed E-state index contributed by atoms with van der Waals surface area (Å²) in [6.07, 6.45) is 5.51. The van der Waals surface area contributed by atoms with Gasteiger partial charge in [0.05, 0.1) is 6.54 Å². The Morgan fingerprint density at radius 1 is 1.50 bits per heavy atom. The summed E-state index contributed by atoms with van der Waals surface area (Å²) in [6, 6.07) is 1.10. The van der Waals surface area contributed by atoms with Gasteiger partial charge in [-0.1, -0.05) is 6.42 Å². The zero-order valence-corrected chi connectivity index (χ0v) is 10.1. The smallest absolute Gasteiger partial charge is 0.146 e. The molecular weight excluding hydrogens is 202 g/mol. The van der Waals surface area contributed by atoms with Crippen LogP contribution in [0, 0.1) is 0 Å². The van der Waals surface area contributed by atoms with Gasteiger partial charge in [0, 0.05) is 25.7 Å². The molecule has 0 amide bonds. The van der Waals surface area contributed by atoms with Crippen molar-refractivity contribution in [2.24, 2.45) is 12.8 Å². The van der Waals surface area contributed by atoms with Crippen molar-refractivity contribution in [3.05, 3.63) is 12.2 Å². The van der Waals surface area contributed by atoms with E-state index in [9.17, 15) is 0 Å². The number of aryl methyl sites for hydroxylation is 1. The van der Waals surface area contributed by atoms with Crippen LogP contribution in [0.2, 0.25) is 0 Å². The maximum atomic E-state index is 5.84. The van der Waals surface area contributed by atoms with Crippen LogP contribution in [-0.2, 0) is 13.6 Å². The summed E-state index contributed by atoms with van der Waals surface area (Å²) in [5.74, 6) is 1.02. The third-order valence-electron chi connectivity index (χ3n) is 3.60. The normalized spacial score (nSPS) is 27.2. The van der Waals surface area contributed by atoms with E-state index in [0.717, 1.165) is 18.9 Å². The SMILES string of the molecule is CC1CCCC(CN)N1Cc1nncn1C. The molecule has 16 heavy (non-hydrogen) atoms. The second-order valence-corrected chi connectivity index (χ2v) is 4.70. The highest BCUT2D eigenvalue weighted by Crippen LogP contribution is 2.23. The van der Waals surface area contributed by atoms with Crippen LogP contribution >= 0.6 is 0 Å². The average molecular weight is 223 g/mol. The molecule has 5 heteroatoms. The predicted octanol–water partition coefficient (Wildman–Crippen LogP) is 0.517. The van der Waals surface area contributed by atoms with Crippen molar-refractivity contribution in [3.8, 4) is 0 Å². The van der Waals surface area contributed by atoms with E-state index in [4.69, 9.17) is 5.73 Å². The van der Waals surface area contributed by atoms with Gasteiger partial charge in [0.15, 0.2) is 0 Å². The lowest BCUT2D eigenvalue weighted by atomic mass is 9.96. The highest BCUT2D eigenvalue weighted by atomic mass is 15.3. The number of nitrogens with zero attached hydrogens (tertiary/aromatic N) is 4. The molecule has 0 aliphatic carbocycles. The number of piperidine rings is 1. The van der Waals surface area contributed by atoms with E-state index in [1.54, 1.807) is 6.33 Å². The lowest BCUT2D eigenvalue weighted by molar-refractivity contribution is 0.0852. The largest absolute Gasteiger partial charge is 0.329 e. The monoisotopic (exact) mass is 223 g/mol. The zero-order valence-electron chi connectivity index (χ0n) is 10.1. The van der Waals surface area contributed by atoms with E-state index < -0.39 is 0 Å². The summed E-state index contributed by atoms with van der Waals surface area (Å²) in [6.45, 7) is 3.87. The molecule has 2 N–H and O–H groups in total. The first kappa shape index (κ1) is 11.5. The minimum Gasteiger partial charge on any atom is -0.329 e. The van der Waals surface area contributed by atoms with Crippen molar-refractivity contribution in [2.75, 3.05) is 6.54 Å². The minimum absolute atomic E-state index is 0.500. The highest BCUT2D eigenvalue weighted by molar-refractivity contribution is 4.90. The summed E-state index contributed by atoms with van der Waals surface area (Å²) in [5, 5.41) is 8.06. The molecule has 1 aromatic rings. The zero-order chi connectivity index (χ0) is 11.5. The summed E-state index contributed by atoms with van der Waals surface area (Å²) >= 11 is 0. The number of rotatable bonds is 3. The average Bonchev–Trinajstić information content (AvgIpc) is 2.67. The van der Waals surface area contributed by atoms with Gasteiger partial charge in [-0.05, 0) is 19.8 Å². The van der Waals surface area contributed by atoms with Gasteiger partial charge in [-0.2, -0.15) is 0 Å². The molecule has 1 fully saturated rings. The molecule has 90 valence electrons. The van der Waals surface area contributed by atoms with E-state index in [2.05, 4.69) is 22.0 Å². The van der Waals surface area contributed by atoms with Crippen LogP contribution in [0.3, 0.4) is 0 Å². The number of nitrogens with two attached hydrogens (primary N) is 1. The molecule has 0 radical (unpaired) electrons. The summed E-state index contributed by atoms with van der Waals surface area (Å²) in [5.41, 5.74) is 5.84. The molecule has 1 aliphatic rings. The Labute approximate surface area is 96.6 Å². The van der Waals surface area contributed by atoms with Crippen LogP contribution in [-0.4, -0.2) is 38.3 Å². The number of hydrogen-bond donors (Lipinski definition) is 1. The molecule has 1 saturated heterocycles. The van der Waals surface area contributed by atoms with Gasteiger partial charge in [0.25, 0.3) is 0 Å². The number of hydrogen-bond acceptors (Lipinski definition) is 4. The predicted molar refractivity (Wildman–Crippen MR) is 62.7 cm³/mol. The lowest BCUT2D eigenvalue weighted by Gasteiger charge is -2.39. The van der Waals surface area contributed by atoms with Gasteiger partial charge in [0.2, 0.25) is 0 Å². The Kier molecular flexibility index (Phi) is 3.56. The molecule has 1 aromatic heterocycles.